The number of anilines is 1. The summed E-state index contributed by atoms with van der Waals surface area (Å²) in [4.78, 5) is 16.3. The SMILES string of the molecule is Cc1ccc2nc(NC(=O)c3cc(C)on3)sc2c1. The molecule has 0 aliphatic heterocycles. The summed E-state index contributed by atoms with van der Waals surface area (Å²) in [6, 6.07) is 7.57. The van der Waals surface area contributed by atoms with Gasteiger partial charge in [-0.15, -0.1) is 0 Å². The van der Waals surface area contributed by atoms with Crippen molar-refractivity contribution in [2.75, 3.05) is 5.32 Å². The summed E-state index contributed by atoms with van der Waals surface area (Å²) >= 11 is 1.44. The molecule has 0 radical (unpaired) electrons. The first-order valence-electron chi connectivity index (χ1n) is 5.74. The summed E-state index contributed by atoms with van der Waals surface area (Å²) in [5.74, 6) is 0.290. The average molecular weight is 273 g/mol. The van der Waals surface area contributed by atoms with Gasteiger partial charge in [0.15, 0.2) is 10.8 Å². The first kappa shape index (κ1) is 11.9. The number of hydrogen-bond acceptors (Lipinski definition) is 5. The Morgan fingerprint density at radius 1 is 1.32 bits per heavy atom. The lowest BCUT2D eigenvalue weighted by Crippen LogP contribution is -2.11. The fourth-order valence-electron chi connectivity index (χ4n) is 1.72. The van der Waals surface area contributed by atoms with Crippen LogP contribution in [-0.2, 0) is 0 Å². The quantitative estimate of drug-likeness (QED) is 0.778. The highest BCUT2D eigenvalue weighted by Gasteiger charge is 2.13. The van der Waals surface area contributed by atoms with Gasteiger partial charge in [0.25, 0.3) is 5.91 Å². The number of fused-ring (bicyclic) bond motifs is 1. The van der Waals surface area contributed by atoms with E-state index in [-0.39, 0.29) is 11.6 Å². The molecule has 0 aliphatic carbocycles. The predicted octanol–water partition coefficient (Wildman–Crippen LogP) is 3.15. The maximum atomic E-state index is 11.9. The molecule has 1 amide bonds. The number of benzene rings is 1. The lowest BCUT2D eigenvalue weighted by molar-refractivity contribution is 0.101. The second-order valence-electron chi connectivity index (χ2n) is 4.27. The number of nitrogens with zero attached hydrogens (tertiary/aromatic N) is 2. The molecule has 0 fully saturated rings. The lowest BCUT2D eigenvalue weighted by atomic mass is 10.2. The van der Waals surface area contributed by atoms with Gasteiger partial charge in [-0.05, 0) is 31.5 Å². The van der Waals surface area contributed by atoms with Crippen molar-refractivity contribution >= 4 is 32.6 Å². The Balaban J connectivity index is 1.87. The van der Waals surface area contributed by atoms with Gasteiger partial charge >= 0.3 is 0 Å². The monoisotopic (exact) mass is 273 g/mol. The van der Waals surface area contributed by atoms with E-state index in [0.29, 0.717) is 10.9 Å². The molecule has 96 valence electrons. The van der Waals surface area contributed by atoms with Gasteiger partial charge < -0.3 is 4.52 Å². The lowest BCUT2D eigenvalue weighted by Gasteiger charge is -1.95. The van der Waals surface area contributed by atoms with E-state index in [0.717, 1.165) is 10.2 Å². The van der Waals surface area contributed by atoms with E-state index in [2.05, 4.69) is 15.5 Å². The third-order valence-electron chi connectivity index (χ3n) is 2.63. The minimum absolute atomic E-state index is 0.257. The molecule has 6 heteroatoms. The highest BCUT2D eigenvalue weighted by molar-refractivity contribution is 7.22. The number of aromatic nitrogens is 2. The van der Waals surface area contributed by atoms with Crippen molar-refractivity contribution in [2.24, 2.45) is 0 Å². The number of nitrogens with one attached hydrogen (secondary N) is 1. The first-order chi connectivity index (χ1) is 9.11. The minimum Gasteiger partial charge on any atom is -0.361 e. The summed E-state index contributed by atoms with van der Waals surface area (Å²) in [5.41, 5.74) is 2.30. The van der Waals surface area contributed by atoms with E-state index >= 15 is 0 Å². The van der Waals surface area contributed by atoms with Crippen LogP contribution in [0.25, 0.3) is 10.2 Å². The number of hydrogen-bond donors (Lipinski definition) is 1. The third kappa shape index (κ3) is 2.34. The molecule has 0 bridgehead atoms. The van der Waals surface area contributed by atoms with Crippen LogP contribution in [0, 0.1) is 13.8 Å². The minimum atomic E-state index is -0.312. The second-order valence-corrected chi connectivity index (χ2v) is 5.30. The van der Waals surface area contributed by atoms with Crippen molar-refractivity contribution in [3.05, 3.63) is 41.3 Å². The Morgan fingerprint density at radius 2 is 2.16 bits per heavy atom. The van der Waals surface area contributed by atoms with E-state index in [1.807, 2.05) is 25.1 Å². The zero-order valence-electron chi connectivity index (χ0n) is 10.4. The van der Waals surface area contributed by atoms with E-state index in [9.17, 15) is 4.79 Å². The molecular weight excluding hydrogens is 262 g/mol. The van der Waals surface area contributed by atoms with Crippen molar-refractivity contribution in [1.29, 1.82) is 0 Å². The smallest absolute Gasteiger partial charge is 0.279 e. The van der Waals surface area contributed by atoms with Gasteiger partial charge in [-0.25, -0.2) is 4.98 Å². The van der Waals surface area contributed by atoms with Crippen LogP contribution in [-0.4, -0.2) is 16.0 Å². The van der Waals surface area contributed by atoms with Crippen molar-refractivity contribution in [3.63, 3.8) is 0 Å². The molecule has 5 nitrogen and oxygen atoms in total. The van der Waals surface area contributed by atoms with Gasteiger partial charge in [-0.3, -0.25) is 10.1 Å². The molecule has 0 aliphatic rings. The number of rotatable bonds is 2. The highest BCUT2D eigenvalue weighted by Crippen LogP contribution is 2.26. The second kappa shape index (κ2) is 4.47. The van der Waals surface area contributed by atoms with Crippen LogP contribution >= 0.6 is 11.3 Å². The van der Waals surface area contributed by atoms with Gasteiger partial charge in [-0.2, -0.15) is 0 Å². The van der Waals surface area contributed by atoms with Gasteiger partial charge in [0.1, 0.15) is 5.76 Å². The van der Waals surface area contributed by atoms with E-state index in [4.69, 9.17) is 4.52 Å². The molecule has 1 aromatic carbocycles. The van der Waals surface area contributed by atoms with Crippen LogP contribution in [0.2, 0.25) is 0 Å². The van der Waals surface area contributed by atoms with Crippen LogP contribution in [0.5, 0.6) is 0 Å². The molecule has 2 heterocycles. The summed E-state index contributed by atoms with van der Waals surface area (Å²) < 4.78 is 5.92. The van der Waals surface area contributed by atoms with Gasteiger partial charge in [0.2, 0.25) is 0 Å². The number of carbonyl (C=O) groups is 1. The molecule has 0 atom stereocenters. The van der Waals surface area contributed by atoms with Crippen LogP contribution < -0.4 is 5.32 Å². The van der Waals surface area contributed by atoms with Gasteiger partial charge in [-0.1, -0.05) is 22.6 Å². The molecule has 1 N–H and O–H groups in total. The standard InChI is InChI=1S/C13H11N3O2S/c1-7-3-4-9-11(5-7)19-13(14-9)15-12(17)10-6-8(2)18-16-10/h3-6H,1-2H3,(H,14,15,17). The maximum absolute atomic E-state index is 11.9. The molecule has 0 saturated carbocycles. The zero-order chi connectivity index (χ0) is 13.4. The van der Waals surface area contributed by atoms with E-state index in [1.54, 1.807) is 13.0 Å². The fraction of sp³-hybridized carbons (Fsp3) is 0.154. The largest absolute Gasteiger partial charge is 0.361 e. The number of aryl methyl sites for hydroxylation is 2. The summed E-state index contributed by atoms with van der Waals surface area (Å²) in [6.07, 6.45) is 0. The molecule has 0 unspecified atom stereocenters. The van der Waals surface area contributed by atoms with Crippen LogP contribution in [0.15, 0.2) is 28.8 Å². The molecule has 0 saturated heterocycles. The Bertz CT molecular complexity index is 760. The number of amides is 1. The number of carbonyl (C=O) groups excluding carboxylic acids is 1. The Kier molecular flexibility index (Phi) is 2.79. The summed E-state index contributed by atoms with van der Waals surface area (Å²) in [7, 11) is 0. The molecule has 3 aromatic rings. The predicted molar refractivity (Wildman–Crippen MR) is 73.6 cm³/mol. The van der Waals surface area contributed by atoms with Crippen LogP contribution in [0.4, 0.5) is 5.13 Å². The Labute approximate surface area is 113 Å². The van der Waals surface area contributed by atoms with Gasteiger partial charge in [0, 0.05) is 6.07 Å². The molecule has 19 heavy (non-hydrogen) atoms. The van der Waals surface area contributed by atoms with Crippen molar-refractivity contribution in [2.45, 2.75) is 13.8 Å². The number of thiazole rings is 1. The van der Waals surface area contributed by atoms with E-state index < -0.39 is 0 Å². The summed E-state index contributed by atoms with van der Waals surface area (Å²) in [5, 5.41) is 6.96. The highest BCUT2D eigenvalue weighted by atomic mass is 32.1. The topological polar surface area (TPSA) is 68.0 Å². The van der Waals surface area contributed by atoms with E-state index in [1.165, 1.54) is 16.9 Å². The Hall–Kier alpha value is -2.21. The zero-order valence-corrected chi connectivity index (χ0v) is 11.2. The normalized spacial score (nSPS) is 10.8. The van der Waals surface area contributed by atoms with Crippen molar-refractivity contribution < 1.29 is 9.32 Å². The van der Waals surface area contributed by atoms with Crippen LogP contribution in [0.1, 0.15) is 21.8 Å². The molecule has 0 spiro atoms. The molecule has 2 aromatic heterocycles. The van der Waals surface area contributed by atoms with Crippen molar-refractivity contribution in [1.82, 2.24) is 10.1 Å². The Morgan fingerprint density at radius 3 is 2.89 bits per heavy atom. The third-order valence-corrected chi connectivity index (χ3v) is 3.56. The molecular formula is C13H11N3O2S. The first-order valence-corrected chi connectivity index (χ1v) is 6.55. The van der Waals surface area contributed by atoms with Crippen LogP contribution in [0.3, 0.4) is 0 Å². The maximum Gasteiger partial charge on any atom is 0.279 e. The summed E-state index contributed by atoms with van der Waals surface area (Å²) in [6.45, 7) is 3.76. The van der Waals surface area contributed by atoms with Gasteiger partial charge in [0.05, 0.1) is 10.2 Å². The average Bonchev–Trinajstić information content (AvgIpc) is 2.94. The molecule has 3 rings (SSSR count). The van der Waals surface area contributed by atoms with Crippen molar-refractivity contribution in [3.8, 4) is 0 Å². The fourth-order valence-corrected chi connectivity index (χ4v) is 2.68.